The fourth-order valence-electron chi connectivity index (χ4n) is 6.78. The number of carbonyl (C=O) groups excluding carboxylic acids is 2. The molecular formula is C46H48N10O2+2. The number of nitrogens with zero attached hydrogens (tertiary/aromatic N) is 8. The number of nitrogens with one attached hydrogen (secondary N) is 2. The van der Waals surface area contributed by atoms with Gasteiger partial charge in [-0.3, -0.25) is 9.59 Å². The molecule has 0 radical (unpaired) electrons. The van der Waals surface area contributed by atoms with Crippen molar-refractivity contribution in [2.75, 3.05) is 61.7 Å². The summed E-state index contributed by atoms with van der Waals surface area (Å²) in [6.45, 7) is 2.66. The number of aryl methyl sites for hydroxylation is 2. The second-order valence-electron chi connectivity index (χ2n) is 14.5. The van der Waals surface area contributed by atoms with Gasteiger partial charge in [0.25, 0.3) is 0 Å². The first kappa shape index (κ1) is 39.2. The summed E-state index contributed by atoms with van der Waals surface area (Å²) in [5, 5.41) is 24.5. The van der Waals surface area contributed by atoms with Crippen LogP contribution in [-0.2, 0) is 13.1 Å². The summed E-state index contributed by atoms with van der Waals surface area (Å²) >= 11 is 0. The van der Waals surface area contributed by atoms with E-state index < -0.39 is 0 Å². The summed E-state index contributed by atoms with van der Waals surface area (Å²) in [5.41, 5.74) is 8.27. The molecule has 0 saturated carbocycles. The maximum absolute atomic E-state index is 14.2. The Balaban J connectivity index is 0.943. The highest BCUT2D eigenvalue weighted by molar-refractivity contribution is 6.31. The molecule has 0 unspecified atom stereocenters. The van der Waals surface area contributed by atoms with Crippen molar-refractivity contribution in [2.45, 2.75) is 25.9 Å². The molecule has 0 saturated heterocycles. The molecule has 0 bridgehead atoms. The van der Waals surface area contributed by atoms with Crippen molar-refractivity contribution >= 4 is 57.1 Å². The number of carbonyl (C=O) groups is 2. The van der Waals surface area contributed by atoms with Crippen LogP contribution in [0.15, 0.2) is 154 Å². The van der Waals surface area contributed by atoms with Crippen molar-refractivity contribution in [1.29, 1.82) is 0 Å². The minimum absolute atomic E-state index is 0.151. The van der Waals surface area contributed by atoms with Crippen LogP contribution in [0.5, 0.6) is 0 Å². The predicted octanol–water partition coefficient (Wildman–Crippen LogP) is 9.00. The van der Waals surface area contributed by atoms with Gasteiger partial charge in [-0.25, -0.2) is 9.13 Å². The Bertz CT molecular complexity index is 2290. The van der Waals surface area contributed by atoms with E-state index in [1.54, 1.807) is 12.1 Å². The molecule has 7 rings (SSSR count). The Labute approximate surface area is 339 Å². The average Bonchev–Trinajstić information content (AvgIpc) is 3.24. The van der Waals surface area contributed by atoms with Gasteiger partial charge in [0, 0.05) is 100 Å². The molecule has 0 atom stereocenters. The molecule has 0 amide bonds. The average molecular weight is 773 g/mol. The summed E-state index contributed by atoms with van der Waals surface area (Å²) in [7, 11) is 8.01. The molecule has 12 nitrogen and oxygen atoms in total. The lowest BCUT2D eigenvalue weighted by atomic mass is 9.82. The molecule has 1 aliphatic rings. The van der Waals surface area contributed by atoms with E-state index in [9.17, 15) is 9.59 Å². The van der Waals surface area contributed by atoms with E-state index in [-0.39, 0.29) is 11.6 Å². The second kappa shape index (κ2) is 18.2. The topological polar surface area (TPSA) is 122 Å². The van der Waals surface area contributed by atoms with Crippen molar-refractivity contribution in [3.8, 4) is 0 Å². The number of hydrogen-bond donors (Lipinski definition) is 2. The number of benzene rings is 4. The molecule has 0 spiro atoms. The largest absolute Gasteiger partial charge is 0.384 e. The van der Waals surface area contributed by atoms with Crippen LogP contribution in [0.4, 0.5) is 45.5 Å². The monoisotopic (exact) mass is 772 g/mol. The highest BCUT2D eigenvalue weighted by Gasteiger charge is 2.33. The third-order valence-corrected chi connectivity index (χ3v) is 9.87. The van der Waals surface area contributed by atoms with Crippen LogP contribution < -0.4 is 29.6 Å². The minimum Gasteiger partial charge on any atom is -0.384 e. The fourth-order valence-corrected chi connectivity index (χ4v) is 6.78. The van der Waals surface area contributed by atoms with Crippen molar-refractivity contribution < 1.29 is 18.7 Å². The van der Waals surface area contributed by atoms with Gasteiger partial charge in [0.1, 0.15) is 24.5 Å². The van der Waals surface area contributed by atoms with E-state index in [1.807, 2.05) is 160 Å². The Kier molecular flexibility index (Phi) is 12.3. The van der Waals surface area contributed by atoms with Crippen molar-refractivity contribution in [3.05, 3.63) is 156 Å². The summed E-state index contributed by atoms with van der Waals surface area (Å²) in [5.74, 6) is -0.314. The summed E-state index contributed by atoms with van der Waals surface area (Å²) in [4.78, 5) is 32.1. The van der Waals surface area contributed by atoms with Crippen molar-refractivity contribution in [1.82, 2.24) is 0 Å². The molecule has 0 aliphatic heterocycles. The molecule has 0 fully saturated rings. The molecule has 2 N–H and O–H groups in total. The first-order valence-electron chi connectivity index (χ1n) is 19.4. The SMILES string of the molecule is CN(C)c1ccc(N=Nc2ccc[n+](CCCNc3cccc4c3C(=O)c3c(NCCC[n+]5cccc(N=Nc6ccc(N(C)C)cc6)c5)cccc3C4=O)c2)cc1. The van der Waals surface area contributed by atoms with Crippen LogP contribution in [0.3, 0.4) is 0 Å². The zero-order valence-electron chi connectivity index (χ0n) is 33.3. The highest BCUT2D eigenvalue weighted by Crippen LogP contribution is 2.35. The lowest BCUT2D eigenvalue weighted by Gasteiger charge is -2.23. The standard InChI is InChI=1S/C46H47N10O2/c1-53(2)37-21-17-33(18-22-37)49-51-35-11-7-27-55(31-35)29-9-25-47-41-15-5-13-39-43(41)46(58)44-40(45(39)57)14-6-16-42(44)48-26-10-30-56-28-8-12-36(32-56)52-50-34-19-23-38(24-20-34)54(3)4/h5-8,11-24,27-28,31-32H,9-10,25-26,29-30H2,1-4H3,(H-,47,48,58)/q+1/p+1. The van der Waals surface area contributed by atoms with Gasteiger partial charge in [-0.1, -0.05) is 24.3 Å². The Morgan fingerprint density at radius 3 is 1.31 bits per heavy atom. The first-order chi connectivity index (χ1) is 28.2. The number of pyridine rings is 2. The summed E-state index contributed by atoms with van der Waals surface area (Å²) < 4.78 is 4.14. The van der Waals surface area contributed by atoms with Gasteiger partial charge >= 0.3 is 0 Å². The lowest BCUT2D eigenvalue weighted by Crippen LogP contribution is -2.33. The lowest BCUT2D eigenvalue weighted by molar-refractivity contribution is -0.696. The van der Waals surface area contributed by atoms with Gasteiger partial charge in [-0.15, -0.1) is 10.2 Å². The molecule has 58 heavy (non-hydrogen) atoms. The van der Waals surface area contributed by atoms with Crippen LogP contribution in [-0.4, -0.2) is 52.8 Å². The third-order valence-electron chi connectivity index (χ3n) is 9.87. The number of anilines is 4. The molecule has 292 valence electrons. The van der Waals surface area contributed by atoms with E-state index >= 15 is 0 Å². The number of aromatic nitrogens is 2. The van der Waals surface area contributed by atoms with Gasteiger partial charge in [0.2, 0.25) is 0 Å². The van der Waals surface area contributed by atoms with Crippen molar-refractivity contribution in [2.24, 2.45) is 20.5 Å². The molecule has 4 aromatic carbocycles. The van der Waals surface area contributed by atoms with Gasteiger partial charge in [-0.05, 0) is 72.8 Å². The van der Waals surface area contributed by atoms with Gasteiger partial charge in [-0.2, -0.15) is 10.2 Å². The zero-order chi connectivity index (χ0) is 40.4. The Hall–Kier alpha value is -7.08. The highest BCUT2D eigenvalue weighted by atomic mass is 16.1. The number of fused-ring (bicyclic) bond motifs is 2. The Morgan fingerprint density at radius 1 is 0.483 bits per heavy atom. The number of rotatable bonds is 16. The van der Waals surface area contributed by atoms with E-state index in [2.05, 4.69) is 40.2 Å². The molecule has 12 heteroatoms. The van der Waals surface area contributed by atoms with E-state index in [0.29, 0.717) is 46.7 Å². The van der Waals surface area contributed by atoms with Crippen LogP contribution in [0.2, 0.25) is 0 Å². The molecular weight excluding hydrogens is 725 g/mol. The van der Waals surface area contributed by atoms with E-state index in [4.69, 9.17) is 0 Å². The summed E-state index contributed by atoms with van der Waals surface area (Å²) in [6, 6.07) is 34.5. The zero-order valence-corrected chi connectivity index (χ0v) is 33.3. The molecule has 2 heterocycles. The minimum atomic E-state index is -0.164. The third kappa shape index (κ3) is 9.47. The number of ketones is 2. The molecule has 1 aliphatic carbocycles. The van der Waals surface area contributed by atoms with E-state index in [0.717, 1.165) is 60.1 Å². The smallest absolute Gasteiger partial charge is 0.198 e. The first-order valence-corrected chi connectivity index (χ1v) is 19.4. The predicted molar refractivity (Wildman–Crippen MR) is 229 cm³/mol. The number of hydrogen-bond acceptors (Lipinski definition) is 10. The van der Waals surface area contributed by atoms with E-state index in [1.165, 1.54) is 0 Å². The van der Waals surface area contributed by atoms with Crippen LogP contribution in [0.1, 0.15) is 44.7 Å². The fraction of sp³-hybridized carbons (Fsp3) is 0.217. The second-order valence-corrected chi connectivity index (χ2v) is 14.5. The molecule has 6 aromatic rings. The normalized spacial score (nSPS) is 12.1. The number of azo groups is 2. The van der Waals surface area contributed by atoms with Gasteiger partial charge < -0.3 is 20.4 Å². The van der Waals surface area contributed by atoms with Gasteiger partial charge in [0.15, 0.2) is 36.4 Å². The maximum Gasteiger partial charge on any atom is 0.198 e. The quantitative estimate of drug-likeness (QED) is 0.0575. The van der Waals surface area contributed by atoms with Crippen LogP contribution in [0, 0.1) is 0 Å². The van der Waals surface area contributed by atoms with Crippen molar-refractivity contribution in [3.63, 3.8) is 0 Å². The van der Waals surface area contributed by atoms with Gasteiger partial charge in [0.05, 0.1) is 22.5 Å². The molecule has 2 aromatic heterocycles. The van der Waals surface area contributed by atoms with Crippen LogP contribution in [0.25, 0.3) is 0 Å². The maximum atomic E-state index is 14.2. The Morgan fingerprint density at radius 2 is 0.897 bits per heavy atom. The van der Waals surface area contributed by atoms with Crippen LogP contribution >= 0.6 is 0 Å². The summed E-state index contributed by atoms with van der Waals surface area (Å²) in [6.07, 6.45) is 9.48.